The first-order chi connectivity index (χ1) is 12.3. The molecule has 3 rings (SSSR count). The van der Waals surface area contributed by atoms with Gasteiger partial charge in [0, 0.05) is 37.5 Å². The topological polar surface area (TPSA) is 131 Å². The fourth-order valence-corrected chi connectivity index (χ4v) is 5.48. The molecule has 1 aliphatic heterocycles. The van der Waals surface area contributed by atoms with Crippen molar-refractivity contribution in [3.63, 3.8) is 0 Å². The molecule has 0 radical (unpaired) electrons. The summed E-state index contributed by atoms with van der Waals surface area (Å²) in [5.74, 6) is -2.07. The summed E-state index contributed by atoms with van der Waals surface area (Å²) in [6.45, 7) is 3.72. The number of hydrogen-bond donors (Lipinski definition) is 1. The third kappa shape index (κ3) is 1.92. The molecule has 1 heterocycles. The molecule has 4 atom stereocenters. The number of ether oxygens (including phenoxy) is 2. The molecule has 1 N–H and O–H groups in total. The van der Waals surface area contributed by atoms with Gasteiger partial charge < -0.3 is 14.9 Å². The first-order valence-electron chi connectivity index (χ1n) is 8.99. The van der Waals surface area contributed by atoms with Crippen molar-refractivity contribution in [1.82, 2.24) is 0 Å². The molecule has 1 saturated heterocycles. The number of nitrogens with one attached hydrogen (secondary N) is 1. The average Bonchev–Trinajstić information content (AvgIpc) is 2.59. The zero-order valence-corrected chi connectivity index (χ0v) is 15.1. The number of hydrogen-bond acceptors (Lipinski definition) is 7. The zero-order valence-electron chi connectivity index (χ0n) is 15.1. The Hall–Kier alpha value is -2.27. The molecule has 0 aromatic carbocycles. The van der Waals surface area contributed by atoms with E-state index < -0.39 is 28.1 Å². The van der Waals surface area contributed by atoms with Crippen LogP contribution >= 0.6 is 0 Å². The monoisotopic (exact) mass is 354 g/mol. The van der Waals surface area contributed by atoms with E-state index in [1.165, 1.54) is 0 Å². The Morgan fingerprint density at radius 3 is 2.54 bits per heavy atom. The smallest absolute Gasteiger partial charge is 0.178 e. The Labute approximate surface area is 153 Å². The molecule has 3 aliphatic rings. The average molecular weight is 354 g/mol. The summed E-state index contributed by atoms with van der Waals surface area (Å²) in [5, 5.41) is 39.0. The molecular formula is C19H22N4O3. The van der Waals surface area contributed by atoms with Crippen molar-refractivity contribution < 1.29 is 14.3 Å². The fourth-order valence-electron chi connectivity index (χ4n) is 5.48. The SMILES string of the molecule is CCOC12CCCCC1C(C#N)(C#N)C1(C#N)C(=N)CC(=O)CC1(C)O2. The summed E-state index contributed by atoms with van der Waals surface area (Å²) in [6, 6.07) is 6.34. The van der Waals surface area contributed by atoms with Crippen molar-refractivity contribution in [2.24, 2.45) is 16.7 Å². The first kappa shape index (κ1) is 18.5. The Morgan fingerprint density at radius 1 is 1.27 bits per heavy atom. The van der Waals surface area contributed by atoms with Crippen LogP contribution in [0, 0.1) is 56.2 Å². The molecule has 26 heavy (non-hydrogen) atoms. The number of carbonyl (C=O) groups excluding carboxylic acids is 1. The van der Waals surface area contributed by atoms with Gasteiger partial charge in [-0.3, -0.25) is 4.79 Å². The van der Waals surface area contributed by atoms with E-state index in [9.17, 15) is 20.6 Å². The summed E-state index contributed by atoms with van der Waals surface area (Å²) in [7, 11) is 0. The van der Waals surface area contributed by atoms with E-state index in [0.717, 1.165) is 12.8 Å². The molecule has 2 saturated carbocycles. The maximum Gasteiger partial charge on any atom is 0.178 e. The van der Waals surface area contributed by atoms with Gasteiger partial charge in [-0.1, -0.05) is 6.42 Å². The summed E-state index contributed by atoms with van der Waals surface area (Å²) < 4.78 is 12.4. The van der Waals surface area contributed by atoms with Crippen LogP contribution in [-0.2, 0) is 14.3 Å². The van der Waals surface area contributed by atoms with Crippen LogP contribution in [0.4, 0.5) is 0 Å². The molecule has 0 aromatic rings. The van der Waals surface area contributed by atoms with Crippen LogP contribution in [0.5, 0.6) is 0 Å². The molecule has 4 unspecified atom stereocenters. The quantitative estimate of drug-likeness (QED) is 0.811. The molecule has 136 valence electrons. The van der Waals surface area contributed by atoms with Gasteiger partial charge in [-0.25, -0.2) is 0 Å². The van der Waals surface area contributed by atoms with Gasteiger partial charge in [-0.05, 0) is 26.7 Å². The molecule has 3 fully saturated rings. The Balaban J connectivity index is 2.35. The van der Waals surface area contributed by atoms with Crippen LogP contribution in [0.15, 0.2) is 0 Å². The van der Waals surface area contributed by atoms with Crippen LogP contribution in [0.25, 0.3) is 0 Å². The van der Waals surface area contributed by atoms with Gasteiger partial charge in [-0.15, -0.1) is 0 Å². The lowest BCUT2D eigenvalue weighted by atomic mass is 9.43. The lowest BCUT2D eigenvalue weighted by Gasteiger charge is -2.64. The third-order valence-corrected chi connectivity index (χ3v) is 6.37. The van der Waals surface area contributed by atoms with Crippen molar-refractivity contribution >= 4 is 11.5 Å². The number of nitrogens with zero attached hydrogens (tertiary/aromatic N) is 3. The Kier molecular flexibility index (Phi) is 4.19. The number of fused-ring (bicyclic) bond motifs is 2. The lowest BCUT2D eigenvalue weighted by molar-refractivity contribution is -0.378. The summed E-state index contributed by atoms with van der Waals surface area (Å²) in [5.41, 5.74) is -5.25. The van der Waals surface area contributed by atoms with E-state index in [1.54, 1.807) is 6.92 Å². The highest BCUT2D eigenvalue weighted by atomic mass is 16.7. The number of nitriles is 3. The van der Waals surface area contributed by atoms with Crippen molar-refractivity contribution in [3.05, 3.63) is 0 Å². The summed E-state index contributed by atoms with van der Waals surface area (Å²) in [6.07, 6.45) is 2.25. The fraction of sp³-hybridized carbons (Fsp3) is 0.737. The van der Waals surface area contributed by atoms with Crippen molar-refractivity contribution in [3.8, 4) is 18.2 Å². The predicted octanol–water partition coefficient (Wildman–Crippen LogP) is 2.62. The Morgan fingerprint density at radius 2 is 1.96 bits per heavy atom. The molecule has 0 aromatic heterocycles. The van der Waals surface area contributed by atoms with Crippen LogP contribution in [0.3, 0.4) is 0 Å². The second kappa shape index (κ2) is 5.88. The second-order valence-corrected chi connectivity index (χ2v) is 7.64. The molecule has 0 bridgehead atoms. The van der Waals surface area contributed by atoms with Crippen LogP contribution < -0.4 is 0 Å². The number of carbonyl (C=O) groups is 1. The van der Waals surface area contributed by atoms with Crippen molar-refractivity contribution in [1.29, 1.82) is 21.2 Å². The lowest BCUT2D eigenvalue weighted by Crippen LogP contribution is -2.76. The van der Waals surface area contributed by atoms with E-state index in [1.807, 2.05) is 6.92 Å². The first-order valence-corrected chi connectivity index (χ1v) is 8.99. The summed E-state index contributed by atoms with van der Waals surface area (Å²) in [4.78, 5) is 12.3. The molecule has 2 aliphatic carbocycles. The number of rotatable bonds is 2. The number of Topliss-reactive ketones (excluding diaryl/α,β-unsaturated/α-hetero) is 1. The molecule has 0 spiro atoms. The van der Waals surface area contributed by atoms with E-state index >= 15 is 0 Å². The minimum Gasteiger partial charge on any atom is -0.350 e. The van der Waals surface area contributed by atoms with Gasteiger partial charge in [0.1, 0.15) is 11.4 Å². The minimum absolute atomic E-state index is 0.115. The van der Waals surface area contributed by atoms with Gasteiger partial charge in [0.15, 0.2) is 16.6 Å². The normalized spacial score (nSPS) is 41.1. The largest absolute Gasteiger partial charge is 0.350 e. The van der Waals surface area contributed by atoms with Gasteiger partial charge in [0.2, 0.25) is 0 Å². The molecule has 7 nitrogen and oxygen atoms in total. The van der Waals surface area contributed by atoms with Crippen molar-refractivity contribution in [2.45, 2.75) is 63.8 Å². The molecule has 0 amide bonds. The van der Waals surface area contributed by atoms with E-state index in [2.05, 4.69) is 18.2 Å². The van der Waals surface area contributed by atoms with Crippen LogP contribution in [0.1, 0.15) is 52.4 Å². The standard InChI is InChI=1S/C19H22N4O3/c1-3-25-19-7-5-4-6-14(19)17(10-20,11-21)18(12-22)15(23)8-13(24)9-16(18,2)26-19/h14,23H,3-9H2,1-2H3. The van der Waals surface area contributed by atoms with Gasteiger partial charge >= 0.3 is 0 Å². The van der Waals surface area contributed by atoms with Crippen LogP contribution in [0.2, 0.25) is 0 Å². The van der Waals surface area contributed by atoms with E-state index in [4.69, 9.17) is 14.9 Å². The molecule has 7 heteroatoms. The maximum atomic E-state index is 12.3. The Bertz CT molecular complexity index is 770. The van der Waals surface area contributed by atoms with Gasteiger partial charge in [0.05, 0.1) is 18.2 Å². The highest BCUT2D eigenvalue weighted by Crippen LogP contribution is 2.67. The molecular weight excluding hydrogens is 332 g/mol. The number of ketones is 1. The van der Waals surface area contributed by atoms with Gasteiger partial charge in [-0.2, -0.15) is 15.8 Å². The van der Waals surface area contributed by atoms with E-state index in [-0.39, 0.29) is 24.3 Å². The van der Waals surface area contributed by atoms with Gasteiger partial charge in [0.25, 0.3) is 0 Å². The van der Waals surface area contributed by atoms with Crippen molar-refractivity contribution in [2.75, 3.05) is 6.61 Å². The highest BCUT2D eigenvalue weighted by molar-refractivity contribution is 6.09. The maximum absolute atomic E-state index is 12.3. The summed E-state index contributed by atoms with van der Waals surface area (Å²) >= 11 is 0. The minimum atomic E-state index is -1.80. The zero-order chi connectivity index (χ0) is 19.2. The van der Waals surface area contributed by atoms with E-state index in [0.29, 0.717) is 19.4 Å². The predicted molar refractivity (Wildman–Crippen MR) is 89.5 cm³/mol. The third-order valence-electron chi connectivity index (χ3n) is 6.37. The highest BCUT2D eigenvalue weighted by Gasteiger charge is 2.79. The second-order valence-electron chi connectivity index (χ2n) is 7.64. The van der Waals surface area contributed by atoms with Crippen LogP contribution in [-0.4, -0.2) is 29.5 Å².